The zero-order chi connectivity index (χ0) is 21.1. The van der Waals surface area contributed by atoms with E-state index in [-0.39, 0.29) is 17.4 Å². The van der Waals surface area contributed by atoms with Gasteiger partial charge in [-0.2, -0.15) is 0 Å². The van der Waals surface area contributed by atoms with E-state index in [1.807, 2.05) is 6.92 Å². The van der Waals surface area contributed by atoms with Crippen LogP contribution in [0.25, 0.3) is 0 Å². The average Bonchev–Trinajstić information content (AvgIpc) is 2.96. The van der Waals surface area contributed by atoms with Gasteiger partial charge in [-0.15, -0.1) is 0 Å². The van der Waals surface area contributed by atoms with Crippen molar-refractivity contribution in [1.29, 1.82) is 0 Å². The SMILES string of the molecule is C[C@@H]1CC[C@H]2[C@@H](C)C(OCc3ccc(C(=O)O)cc3)O[C@@H]3OC4(C)CC[C@@H]1[C@]32OO4. The molecule has 0 aromatic heterocycles. The normalized spacial score (nSPS) is 44.9. The standard InChI is InChI=1S/C23H30O7/c1-13-4-9-18-14(2)20(26-12-15-5-7-16(8-6-15)19(24)25)27-21-23(18)17(13)10-11-22(3,28-21)29-30-23/h5-8,13-14,17-18,20-21H,4,9-12H2,1-3H3,(H,24,25)/t13-,14-,17+,18+,20?,21-,22?,23-/m1/s1. The van der Waals surface area contributed by atoms with Gasteiger partial charge in [-0.25, -0.2) is 14.6 Å². The Hall–Kier alpha value is -1.51. The van der Waals surface area contributed by atoms with E-state index in [2.05, 4.69) is 13.8 Å². The summed E-state index contributed by atoms with van der Waals surface area (Å²) in [6.07, 6.45) is 3.01. The van der Waals surface area contributed by atoms with Crippen LogP contribution in [-0.2, 0) is 30.6 Å². The first-order valence-electron chi connectivity index (χ1n) is 11.0. The Morgan fingerprint density at radius 3 is 2.63 bits per heavy atom. The Kier molecular flexibility index (Phi) is 4.95. The molecule has 1 aromatic carbocycles. The van der Waals surface area contributed by atoms with Crippen LogP contribution < -0.4 is 0 Å². The van der Waals surface area contributed by atoms with Gasteiger partial charge in [0, 0.05) is 18.3 Å². The van der Waals surface area contributed by atoms with Crippen molar-refractivity contribution in [3.05, 3.63) is 35.4 Å². The third kappa shape index (κ3) is 3.10. The van der Waals surface area contributed by atoms with Gasteiger partial charge in [-0.3, -0.25) is 0 Å². The van der Waals surface area contributed by atoms with Gasteiger partial charge in [0.25, 0.3) is 0 Å². The summed E-state index contributed by atoms with van der Waals surface area (Å²) >= 11 is 0. The van der Waals surface area contributed by atoms with Crippen LogP contribution in [0, 0.1) is 23.7 Å². The van der Waals surface area contributed by atoms with Crippen LogP contribution >= 0.6 is 0 Å². The summed E-state index contributed by atoms with van der Waals surface area (Å²) in [6.45, 7) is 6.71. The van der Waals surface area contributed by atoms with Crippen LogP contribution in [0.5, 0.6) is 0 Å². The minimum atomic E-state index is -0.936. The fourth-order valence-corrected chi connectivity index (χ4v) is 5.98. The molecular formula is C23H30O7. The zero-order valence-electron chi connectivity index (χ0n) is 17.7. The number of carboxylic acid groups (broad SMARTS) is 1. The van der Waals surface area contributed by atoms with Crippen LogP contribution in [0.2, 0.25) is 0 Å². The first kappa shape index (κ1) is 20.4. The summed E-state index contributed by atoms with van der Waals surface area (Å²) in [7, 11) is 0. The van der Waals surface area contributed by atoms with E-state index in [0.717, 1.165) is 31.2 Å². The van der Waals surface area contributed by atoms with Gasteiger partial charge < -0.3 is 19.3 Å². The van der Waals surface area contributed by atoms with Crippen molar-refractivity contribution in [2.24, 2.45) is 23.7 Å². The minimum absolute atomic E-state index is 0.115. The number of ether oxygens (including phenoxy) is 3. The molecule has 4 saturated heterocycles. The van der Waals surface area contributed by atoms with Crippen molar-refractivity contribution in [2.45, 2.75) is 77.0 Å². The number of hydrogen-bond acceptors (Lipinski definition) is 6. The Morgan fingerprint density at radius 2 is 1.90 bits per heavy atom. The summed E-state index contributed by atoms with van der Waals surface area (Å²) in [5.74, 6) is -0.539. The van der Waals surface area contributed by atoms with E-state index in [4.69, 9.17) is 29.1 Å². The molecule has 0 radical (unpaired) electrons. The number of aromatic carboxylic acids is 1. The lowest BCUT2D eigenvalue weighted by molar-refractivity contribution is -0.577. The van der Waals surface area contributed by atoms with Crippen LogP contribution in [0.1, 0.15) is 62.4 Å². The summed E-state index contributed by atoms with van der Waals surface area (Å²) < 4.78 is 18.9. The van der Waals surface area contributed by atoms with E-state index in [9.17, 15) is 4.79 Å². The highest BCUT2D eigenvalue weighted by molar-refractivity contribution is 5.87. The molecule has 164 valence electrons. The highest BCUT2D eigenvalue weighted by atomic mass is 17.3. The van der Waals surface area contributed by atoms with Gasteiger partial charge in [0.2, 0.25) is 5.79 Å². The molecule has 2 bridgehead atoms. The zero-order valence-corrected chi connectivity index (χ0v) is 17.7. The molecule has 4 aliphatic heterocycles. The Morgan fingerprint density at radius 1 is 1.13 bits per heavy atom. The van der Waals surface area contributed by atoms with Crippen molar-refractivity contribution in [3.8, 4) is 0 Å². The summed E-state index contributed by atoms with van der Waals surface area (Å²) in [5, 5.41) is 9.06. The molecule has 1 N–H and O–H groups in total. The molecule has 1 saturated carbocycles. The van der Waals surface area contributed by atoms with Crippen molar-refractivity contribution < 1.29 is 33.9 Å². The first-order valence-corrected chi connectivity index (χ1v) is 11.0. The summed E-state index contributed by atoms with van der Waals surface area (Å²) in [4.78, 5) is 23.0. The maximum atomic E-state index is 11.0. The highest BCUT2D eigenvalue weighted by Gasteiger charge is 2.69. The molecule has 5 aliphatic rings. The molecule has 2 unspecified atom stereocenters. The molecule has 4 heterocycles. The molecule has 30 heavy (non-hydrogen) atoms. The monoisotopic (exact) mass is 418 g/mol. The second kappa shape index (κ2) is 7.28. The lowest BCUT2D eigenvalue weighted by Crippen LogP contribution is -2.70. The number of fused-ring (bicyclic) bond motifs is 2. The molecule has 7 nitrogen and oxygen atoms in total. The number of hydrogen-bond donors (Lipinski definition) is 1. The molecule has 6 rings (SSSR count). The fraction of sp³-hybridized carbons (Fsp3) is 0.696. The van der Waals surface area contributed by atoms with Crippen LogP contribution in [0.15, 0.2) is 24.3 Å². The Bertz CT molecular complexity index is 810. The largest absolute Gasteiger partial charge is 0.478 e. The maximum Gasteiger partial charge on any atom is 0.335 e. The predicted octanol–water partition coefficient (Wildman–Crippen LogP) is 4.11. The molecular weight excluding hydrogens is 388 g/mol. The van der Waals surface area contributed by atoms with Crippen LogP contribution in [-0.4, -0.2) is 35.0 Å². The van der Waals surface area contributed by atoms with E-state index in [1.165, 1.54) is 0 Å². The van der Waals surface area contributed by atoms with Crippen molar-refractivity contribution in [1.82, 2.24) is 0 Å². The molecule has 7 heteroatoms. The molecule has 0 amide bonds. The highest BCUT2D eigenvalue weighted by Crippen LogP contribution is 2.60. The van der Waals surface area contributed by atoms with Crippen molar-refractivity contribution in [2.75, 3.05) is 0 Å². The second-order valence-electron chi connectivity index (χ2n) is 9.59. The Labute approximate surface area is 176 Å². The van der Waals surface area contributed by atoms with Crippen LogP contribution in [0.3, 0.4) is 0 Å². The van der Waals surface area contributed by atoms with Gasteiger partial charge in [0.05, 0.1) is 12.2 Å². The third-order valence-electron chi connectivity index (χ3n) is 7.71. The van der Waals surface area contributed by atoms with Gasteiger partial charge in [-0.05, 0) is 55.7 Å². The van der Waals surface area contributed by atoms with Crippen LogP contribution in [0.4, 0.5) is 0 Å². The number of carboxylic acids is 1. The minimum Gasteiger partial charge on any atom is -0.478 e. The number of rotatable bonds is 4. The third-order valence-corrected chi connectivity index (χ3v) is 7.71. The Balaban J connectivity index is 1.37. The lowest BCUT2D eigenvalue weighted by atomic mass is 9.58. The average molecular weight is 418 g/mol. The van der Waals surface area contributed by atoms with E-state index >= 15 is 0 Å². The van der Waals surface area contributed by atoms with Gasteiger partial charge in [0.15, 0.2) is 18.2 Å². The maximum absolute atomic E-state index is 11.0. The number of benzene rings is 1. The first-order chi connectivity index (χ1) is 14.3. The van der Waals surface area contributed by atoms with E-state index in [0.29, 0.717) is 18.4 Å². The molecule has 1 aromatic rings. The summed E-state index contributed by atoms with van der Waals surface area (Å²) in [5.41, 5.74) is 0.579. The lowest BCUT2D eigenvalue weighted by Gasteiger charge is -2.60. The fourth-order valence-electron chi connectivity index (χ4n) is 5.98. The van der Waals surface area contributed by atoms with Gasteiger partial charge in [-0.1, -0.05) is 26.0 Å². The molecule has 1 spiro atoms. The second-order valence-corrected chi connectivity index (χ2v) is 9.59. The van der Waals surface area contributed by atoms with Crippen molar-refractivity contribution >= 4 is 5.97 Å². The molecule has 8 atom stereocenters. The quantitative estimate of drug-likeness (QED) is 0.737. The van der Waals surface area contributed by atoms with Crippen molar-refractivity contribution in [3.63, 3.8) is 0 Å². The summed E-state index contributed by atoms with van der Waals surface area (Å²) in [6, 6.07) is 6.74. The topological polar surface area (TPSA) is 83.5 Å². The van der Waals surface area contributed by atoms with E-state index < -0.39 is 29.9 Å². The molecule has 5 fully saturated rings. The van der Waals surface area contributed by atoms with Gasteiger partial charge in [0.1, 0.15) is 0 Å². The van der Waals surface area contributed by atoms with E-state index in [1.54, 1.807) is 24.3 Å². The smallest absolute Gasteiger partial charge is 0.335 e. The predicted molar refractivity (Wildman–Crippen MR) is 105 cm³/mol. The number of carbonyl (C=O) groups is 1. The van der Waals surface area contributed by atoms with Gasteiger partial charge >= 0.3 is 5.97 Å². The molecule has 1 aliphatic carbocycles.